The van der Waals surface area contributed by atoms with Gasteiger partial charge >= 0.3 is 0 Å². The van der Waals surface area contributed by atoms with Crippen molar-refractivity contribution in [2.45, 2.75) is 90.4 Å². The molecule has 0 atom stereocenters. The topological polar surface area (TPSA) is 35.9 Å². The van der Waals surface area contributed by atoms with E-state index >= 15 is 0 Å². The lowest BCUT2D eigenvalue weighted by molar-refractivity contribution is -0.566. The third kappa shape index (κ3) is 9.18. The molecule has 1 spiro atoms. The van der Waals surface area contributed by atoms with E-state index in [0.717, 1.165) is 95.8 Å². The summed E-state index contributed by atoms with van der Waals surface area (Å²) < 4.78 is 14.0. The molecule has 3 heterocycles. The Balaban J connectivity index is 0.833. The van der Waals surface area contributed by atoms with Crippen LogP contribution in [0, 0.1) is 0 Å². The maximum Gasteiger partial charge on any atom is 0.255 e. The van der Waals surface area contributed by atoms with Gasteiger partial charge in [0, 0.05) is 45.8 Å². The van der Waals surface area contributed by atoms with Gasteiger partial charge in [-0.25, -0.2) is 4.98 Å². The van der Waals surface area contributed by atoms with E-state index in [9.17, 15) is 0 Å². The summed E-state index contributed by atoms with van der Waals surface area (Å²) in [5, 5.41) is 2.30. The minimum absolute atomic E-state index is 0.0857. The average molecular weight is 1180 g/mol. The van der Waals surface area contributed by atoms with Gasteiger partial charge in [-0.2, -0.15) is 9.13 Å². The monoisotopic (exact) mass is 1180 g/mol. The van der Waals surface area contributed by atoms with Gasteiger partial charge in [0.2, 0.25) is 0 Å². The van der Waals surface area contributed by atoms with Crippen molar-refractivity contribution in [2.75, 3.05) is 0 Å². The summed E-state index contributed by atoms with van der Waals surface area (Å²) >= 11 is 0. The molecule has 2 aliphatic rings. The fourth-order valence-electron chi connectivity index (χ4n) is 14.8. The third-order valence-corrected chi connectivity index (χ3v) is 19.5. The van der Waals surface area contributed by atoms with E-state index in [-0.39, 0.29) is 16.2 Å². The lowest BCUT2D eigenvalue weighted by Crippen LogP contribution is -2.34. The lowest BCUT2D eigenvalue weighted by atomic mass is 9.61. The highest BCUT2D eigenvalue weighted by Crippen LogP contribution is 2.60. The predicted molar refractivity (Wildman–Crippen MR) is 376 cm³/mol. The van der Waals surface area contributed by atoms with Crippen molar-refractivity contribution in [3.63, 3.8) is 0 Å². The molecule has 2 aliphatic carbocycles. The van der Waals surface area contributed by atoms with Crippen LogP contribution in [-0.4, -0.2) is 14.1 Å². The maximum absolute atomic E-state index is 6.97. The van der Waals surface area contributed by atoms with Crippen molar-refractivity contribution in [1.82, 2.24) is 14.1 Å². The minimum atomic E-state index is -0.449. The second kappa shape index (κ2) is 20.9. The molecular weight excluding hydrogens is 1100 g/mol. The zero-order valence-electron chi connectivity index (χ0n) is 53.3. The number of benzene rings is 11. The third-order valence-electron chi connectivity index (χ3n) is 19.5. The average Bonchev–Trinajstić information content (AvgIpc) is 1.58. The quantitative estimate of drug-likeness (QED) is 0.142. The molecule has 0 saturated heterocycles. The van der Waals surface area contributed by atoms with Gasteiger partial charge in [-0.05, 0) is 161 Å². The van der Waals surface area contributed by atoms with Gasteiger partial charge in [-0.3, -0.25) is 4.57 Å². The number of aromatic nitrogens is 4. The van der Waals surface area contributed by atoms with Crippen molar-refractivity contribution >= 4 is 32.8 Å². The molecule has 5 heteroatoms. The smallest absolute Gasteiger partial charge is 0.255 e. The molecule has 11 aromatic carbocycles. The van der Waals surface area contributed by atoms with Crippen LogP contribution in [0.25, 0.3) is 94.5 Å². The predicted octanol–water partition coefficient (Wildman–Crippen LogP) is 21.4. The number of hydrogen-bond acceptors (Lipinski definition) is 2. The zero-order valence-corrected chi connectivity index (χ0v) is 53.3. The van der Waals surface area contributed by atoms with Crippen LogP contribution in [0.1, 0.15) is 112 Å². The van der Waals surface area contributed by atoms with Crippen LogP contribution in [0.15, 0.2) is 267 Å². The van der Waals surface area contributed by atoms with E-state index in [1.807, 2.05) is 6.20 Å². The first-order valence-electron chi connectivity index (χ1n) is 32.1. The van der Waals surface area contributed by atoms with E-state index in [0.29, 0.717) is 0 Å². The van der Waals surface area contributed by atoms with Crippen molar-refractivity contribution in [1.29, 1.82) is 0 Å². The van der Waals surface area contributed by atoms with Crippen LogP contribution in [0.3, 0.4) is 0 Å². The molecule has 0 N–H and O–H groups in total. The molecule has 0 amide bonds. The molecule has 0 saturated carbocycles. The number of pyridine rings is 1. The van der Waals surface area contributed by atoms with Crippen LogP contribution >= 0.6 is 0 Å². The number of imidazole rings is 1. The molecule has 14 aromatic rings. The second-order valence-corrected chi connectivity index (χ2v) is 28.3. The van der Waals surface area contributed by atoms with Crippen LogP contribution in [0.5, 0.6) is 11.5 Å². The minimum Gasteiger partial charge on any atom is -0.457 e. The summed E-state index contributed by atoms with van der Waals surface area (Å²) in [6.45, 7) is 20.7. The summed E-state index contributed by atoms with van der Waals surface area (Å²) in [5.74, 6) is 2.32. The zero-order chi connectivity index (χ0) is 62.1. The van der Waals surface area contributed by atoms with Gasteiger partial charge in [0.05, 0.1) is 16.4 Å². The summed E-state index contributed by atoms with van der Waals surface area (Å²) in [6, 6.07) is 94.6. The Morgan fingerprint density at radius 3 is 1.67 bits per heavy atom. The van der Waals surface area contributed by atoms with Crippen molar-refractivity contribution in [2.24, 2.45) is 0 Å². The molecule has 91 heavy (non-hydrogen) atoms. The van der Waals surface area contributed by atoms with Crippen molar-refractivity contribution in [3.8, 4) is 73.2 Å². The molecule has 0 radical (unpaired) electrons. The molecule has 0 fully saturated rings. The highest BCUT2D eigenvalue weighted by Gasteiger charge is 2.50. The number of hydrogen-bond donors (Lipinski definition) is 0. The Bertz CT molecular complexity index is 5150. The first kappa shape index (κ1) is 55.9. The first-order valence-corrected chi connectivity index (χ1v) is 32.1. The van der Waals surface area contributed by atoms with E-state index in [1.165, 1.54) is 66.8 Å². The summed E-state index contributed by atoms with van der Waals surface area (Å²) in [6.07, 6.45) is 5.20. The lowest BCUT2D eigenvalue weighted by Gasteiger charge is -2.40. The fraction of sp³-hybridized carbons (Fsp3) is 0.163. The first-order chi connectivity index (χ1) is 44.0. The standard InChI is InChI=1S/C86H73N4O/c1-83(2,3)61-40-36-55(37-41-61)59-39-45-81(87-53-59)90-77-33-17-13-27-70(77)71-43-42-66(52-80(71)90)91-65-25-20-24-64(51-65)88-54-89(79-35-19-18-34-78(79)88)82-67(28-21-29-68(82)60-47-62(84(4,5)6)50-63(48-60)85(7,8)9)56-38-44-76-72(49-56)69-26-12-16-32-75(69)86(76)73-30-14-10-22-57(73)46-58-23-11-15-31-74(58)86/h10-45,47-54H,46H2,1-9H3/q+1. The van der Waals surface area contributed by atoms with E-state index in [1.54, 1.807) is 0 Å². The van der Waals surface area contributed by atoms with Crippen molar-refractivity contribution in [3.05, 3.63) is 317 Å². The summed E-state index contributed by atoms with van der Waals surface area (Å²) in [5.41, 5.74) is 27.4. The van der Waals surface area contributed by atoms with Crippen LogP contribution in [0.4, 0.5) is 0 Å². The second-order valence-electron chi connectivity index (χ2n) is 28.3. The summed E-state index contributed by atoms with van der Waals surface area (Å²) in [7, 11) is 0. The van der Waals surface area contributed by atoms with E-state index in [2.05, 4.69) is 337 Å². The number of nitrogens with zero attached hydrogens (tertiary/aromatic N) is 4. The van der Waals surface area contributed by atoms with E-state index < -0.39 is 5.41 Å². The van der Waals surface area contributed by atoms with Gasteiger partial charge < -0.3 is 4.74 Å². The van der Waals surface area contributed by atoms with Crippen molar-refractivity contribution < 1.29 is 9.30 Å². The molecule has 442 valence electrons. The van der Waals surface area contributed by atoms with Crippen LogP contribution in [0.2, 0.25) is 0 Å². The van der Waals surface area contributed by atoms with Crippen LogP contribution in [-0.2, 0) is 28.1 Å². The Kier molecular flexibility index (Phi) is 12.8. The molecule has 5 nitrogen and oxygen atoms in total. The Morgan fingerprint density at radius 1 is 0.396 bits per heavy atom. The molecule has 0 unspecified atom stereocenters. The Labute approximate surface area is 534 Å². The normalized spacial score (nSPS) is 13.4. The van der Waals surface area contributed by atoms with Gasteiger partial charge in [0.1, 0.15) is 28.7 Å². The fourth-order valence-corrected chi connectivity index (χ4v) is 14.8. The van der Waals surface area contributed by atoms with E-state index in [4.69, 9.17) is 9.72 Å². The highest BCUT2D eigenvalue weighted by atomic mass is 16.5. The molecule has 16 rings (SSSR count). The van der Waals surface area contributed by atoms with Gasteiger partial charge in [-0.1, -0.05) is 244 Å². The number of fused-ring (bicyclic) bond motifs is 13. The van der Waals surface area contributed by atoms with Gasteiger partial charge in [-0.15, -0.1) is 0 Å². The van der Waals surface area contributed by atoms with Gasteiger partial charge in [0.25, 0.3) is 6.33 Å². The Morgan fingerprint density at radius 2 is 0.967 bits per heavy atom. The summed E-state index contributed by atoms with van der Waals surface area (Å²) in [4.78, 5) is 5.12. The number of para-hydroxylation sites is 4. The largest absolute Gasteiger partial charge is 0.457 e. The number of ether oxygens (including phenoxy) is 1. The number of rotatable bonds is 8. The van der Waals surface area contributed by atoms with Gasteiger partial charge in [0.15, 0.2) is 11.0 Å². The molecular formula is C86H73N4O+. The maximum atomic E-state index is 6.97. The highest BCUT2D eigenvalue weighted by molar-refractivity contribution is 6.09. The molecule has 0 bridgehead atoms. The SMILES string of the molecule is CC(C)(C)c1ccc(-c2ccc(-n3c4ccccc4c4ccc(Oc5cccc(-n6c[n+](-c7c(-c8cc(C(C)(C)C)cc(C(C)(C)C)c8)cccc7-c7ccc8c(c7)-c7ccccc7C87c8ccccc8Cc8ccccc87)c7ccccc76)c5)cc43)nc2)cc1. The molecule has 0 aliphatic heterocycles. The Hall–Kier alpha value is -10.4. The molecule has 3 aromatic heterocycles. The van der Waals surface area contributed by atoms with Crippen LogP contribution < -0.4 is 9.30 Å².